The zero-order valence-electron chi connectivity index (χ0n) is 12.8. The van der Waals surface area contributed by atoms with E-state index >= 15 is 0 Å². The van der Waals surface area contributed by atoms with Crippen molar-refractivity contribution in [1.82, 2.24) is 19.6 Å². The maximum absolute atomic E-state index is 12.2. The van der Waals surface area contributed by atoms with Gasteiger partial charge in [0.05, 0.1) is 17.7 Å². The number of hydrogen-bond acceptors (Lipinski definition) is 4. The van der Waals surface area contributed by atoms with E-state index < -0.39 is 6.10 Å². The number of nitrogens with one attached hydrogen (secondary N) is 1. The van der Waals surface area contributed by atoms with E-state index in [2.05, 4.69) is 15.2 Å². The zero-order chi connectivity index (χ0) is 15.5. The lowest BCUT2D eigenvalue weighted by atomic mass is 9.94. The van der Waals surface area contributed by atoms with E-state index in [9.17, 15) is 9.90 Å². The second-order valence-corrected chi connectivity index (χ2v) is 5.96. The topological polar surface area (TPSA) is 69.9 Å². The molecule has 0 aliphatic carbocycles. The summed E-state index contributed by atoms with van der Waals surface area (Å²) in [6, 6.07) is 5.87. The average molecular weight is 302 g/mol. The van der Waals surface area contributed by atoms with Crippen molar-refractivity contribution in [3.05, 3.63) is 36.3 Å². The van der Waals surface area contributed by atoms with Crippen LogP contribution in [-0.2, 0) is 11.2 Å². The van der Waals surface area contributed by atoms with Crippen molar-refractivity contribution in [3.63, 3.8) is 0 Å². The number of hydrogen-bond donors (Lipinski definition) is 2. The van der Waals surface area contributed by atoms with E-state index in [4.69, 9.17) is 0 Å². The van der Waals surface area contributed by atoms with Crippen molar-refractivity contribution in [2.45, 2.75) is 18.9 Å². The highest BCUT2D eigenvalue weighted by atomic mass is 16.3. The van der Waals surface area contributed by atoms with Crippen LogP contribution in [-0.4, -0.2) is 58.1 Å². The molecule has 3 heterocycles. The lowest BCUT2D eigenvalue weighted by Gasteiger charge is -2.32. The molecular formula is C16H22N4O2. The number of aromatic nitrogens is 2. The van der Waals surface area contributed by atoms with Gasteiger partial charge in [-0.1, -0.05) is 6.07 Å². The van der Waals surface area contributed by atoms with Gasteiger partial charge < -0.3 is 19.7 Å². The largest absolute Gasteiger partial charge is 0.392 e. The van der Waals surface area contributed by atoms with Gasteiger partial charge in [-0.15, -0.1) is 0 Å². The van der Waals surface area contributed by atoms with E-state index in [1.165, 1.54) is 0 Å². The van der Waals surface area contributed by atoms with Crippen LogP contribution in [0.15, 0.2) is 30.6 Å². The van der Waals surface area contributed by atoms with Crippen molar-refractivity contribution in [1.29, 1.82) is 0 Å². The molecule has 1 amide bonds. The van der Waals surface area contributed by atoms with Gasteiger partial charge in [-0.2, -0.15) is 0 Å². The molecular weight excluding hydrogens is 280 g/mol. The van der Waals surface area contributed by atoms with E-state index in [1.54, 1.807) is 0 Å². The van der Waals surface area contributed by atoms with Gasteiger partial charge in [-0.25, -0.2) is 4.98 Å². The monoisotopic (exact) mass is 302 g/mol. The molecule has 118 valence electrons. The standard InChI is InChI=1S/C16H22N4O2/c1-19-9-6-14(21)13(11-19)16(22)17-7-5-12-10-20-8-3-2-4-15(20)18-12/h2-4,8,10,13-14,21H,5-7,9,11H2,1H3,(H,17,22)/t13-,14-/m1/s1. The Balaban J connectivity index is 1.52. The van der Waals surface area contributed by atoms with Crippen molar-refractivity contribution in [3.8, 4) is 0 Å². The molecule has 0 unspecified atom stereocenters. The summed E-state index contributed by atoms with van der Waals surface area (Å²) in [5.74, 6) is -0.400. The van der Waals surface area contributed by atoms with Crippen LogP contribution in [0.4, 0.5) is 0 Å². The molecule has 1 aliphatic rings. The number of aliphatic hydroxyl groups is 1. The number of amides is 1. The second-order valence-electron chi connectivity index (χ2n) is 5.96. The Morgan fingerprint density at radius 3 is 3.18 bits per heavy atom. The van der Waals surface area contributed by atoms with Crippen LogP contribution in [0.25, 0.3) is 5.65 Å². The fourth-order valence-electron chi connectivity index (χ4n) is 2.91. The summed E-state index contributed by atoms with van der Waals surface area (Å²) < 4.78 is 1.97. The summed E-state index contributed by atoms with van der Waals surface area (Å²) in [5.41, 5.74) is 1.86. The molecule has 22 heavy (non-hydrogen) atoms. The van der Waals surface area contributed by atoms with Crippen LogP contribution in [0.1, 0.15) is 12.1 Å². The average Bonchev–Trinajstić information content (AvgIpc) is 2.92. The molecule has 6 heteroatoms. The van der Waals surface area contributed by atoms with E-state index in [-0.39, 0.29) is 11.8 Å². The summed E-state index contributed by atoms with van der Waals surface area (Å²) >= 11 is 0. The highest BCUT2D eigenvalue weighted by Crippen LogP contribution is 2.16. The predicted octanol–water partition coefficient (Wildman–Crippen LogP) is 0.306. The van der Waals surface area contributed by atoms with Crippen molar-refractivity contribution >= 4 is 11.6 Å². The molecule has 2 N–H and O–H groups in total. The summed E-state index contributed by atoms with van der Waals surface area (Å²) in [6.07, 6.45) is 4.74. The number of carbonyl (C=O) groups is 1. The molecule has 0 spiro atoms. The number of fused-ring (bicyclic) bond motifs is 1. The van der Waals surface area contributed by atoms with Crippen molar-refractivity contribution < 1.29 is 9.90 Å². The fraction of sp³-hybridized carbons (Fsp3) is 0.500. The molecule has 0 aromatic carbocycles. The molecule has 2 aromatic heterocycles. The first kappa shape index (κ1) is 15.0. The maximum atomic E-state index is 12.2. The minimum absolute atomic E-state index is 0.0668. The lowest BCUT2D eigenvalue weighted by Crippen LogP contribution is -2.49. The number of nitrogens with zero attached hydrogens (tertiary/aromatic N) is 3. The number of carbonyl (C=O) groups excluding carboxylic acids is 1. The van der Waals surface area contributed by atoms with Gasteiger partial charge in [-0.05, 0) is 25.6 Å². The number of aliphatic hydroxyl groups excluding tert-OH is 1. The van der Waals surface area contributed by atoms with E-state index in [1.807, 2.05) is 42.0 Å². The minimum Gasteiger partial charge on any atom is -0.392 e. The normalized spacial score (nSPS) is 22.8. The Hall–Kier alpha value is -1.92. The Bertz CT molecular complexity index is 621. The summed E-state index contributed by atoms with van der Waals surface area (Å²) in [4.78, 5) is 18.8. The van der Waals surface area contributed by atoms with Crippen LogP contribution in [0.5, 0.6) is 0 Å². The summed E-state index contributed by atoms with van der Waals surface area (Å²) in [6.45, 7) is 1.99. The van der Waals surface area contributed by atoms with E-state index in [0.717, 1.165) is 17.9 Å². The van der Waals surface area contributed by atoms with E-state index in [0.29, 0.717) is 25.9 Å². The number of likely N-dealkylation sites (tertiary alicyclic amines) is 1. The van der Waals surface area contributed by atoms with Crippen LogP contribution < -0.4 is 5.32 Å². The minimum atomic E-state index is -0.536. The Kier molecular flexibility index (Phi) is 4.40. The highest BCUT2D eigenvalue weighted by molar-refractivity contribution is 5.79. The second kappa shape index (κ2) is 6.46. The smallest absolute Gasteiger partial charge is 0.227 e. The molecule has 1 saturated heterocycles. The molecule has 1 aliphatic heterocycles. The zero-order valence-corrected chi connectivity index (χ0v) is 12.8. The number of rotatable bonds is 4. The van der Waals surface area contributed by atoms with Crippen LogP contribution in [0.3, 0.4) is 0 Å². The first-order chi connectivity index (χ1) is 10.6. The molecule has 0 bridgehead atoms. The van der Waals surface area contributed by atoms with Crippen molar-refractivity contribution in [2.75, 3.05) is 26.7 Å². The lowest BCUT2D eigenvalue weighted by molar-refractivity contribution is -0.131. The molecule has 0 saturated carbocycles. The Labute approximate surface area is 129 Å². The first-order valence-corrected chi connectivity index (χ1v) is 7.70. The van der Waals surface area contributed by atoms with Crippen LogP contribution in [0.2, 0.25) is 0 Å². The fourth-order valence-corrected chi connectivity index (χ4v) is 2.91. The van der Waals surface area contributed by atoms with Gasteiger partial charge in [0.15, 0.2) is 0 Å². The van der Waals surface area contributed by atoms with Gasteiger partial charge in [0.2, 0.25) is 5.91 Å². The quantitative estimate of drug-likeness (QED) is 0.852. The third kappa shape index (κ3) is 3.28. The summed E-state index contributed by atoms with van der Waals surface area (Å²) in [7, 11) is 1.98. The number of piperidine rings is 1. The highest BCUT2D eigenvalue weighted by Gasteiger charge is 2.31. The van der Waals surface area contributed by atoms with Gasteiger partial charge in [0, 0.05) is 38.4 Å². The van der Waals surface area contributed by atoms with Crippen LogP contribution >= 0.6 is 0 Å². The number of imidazole rings is 1. The SMILES string of the molecule is CN1CC[C@@H](O)[C@H](C(=O)NCCc2cn3ccccc3n2)C1. The molecule has 1 fully saturated rings. The molecule has 2 aromatic rings. The van der Waals surface area contributed by atoms with Gasteiger partial charge in [0.1, 0.15) is 5.65 Å². The van der Waals surface area contributed by atoms with Gasteiger partial charge >= 0.3 is 0 Å². The third-order valence-electron chi connectivity index (χ3n) is 4.21. The summed E-state index contributed by atoms with van der Waals surface area (Å²) in [5, 5.41) is 12.9. The predicted molar refractivity (Wildman–Crippen MR) is 83.5 cm³/mol. The number of pyridine rings is 1. The Morgan fingerprint density at radius 2 is 2.36 bits per heavy atom. The molecule has 2 atom stereocenters. The van der Waals surface area contributed by atoms with Crippen molar-refractivity contribution in [2.24, 2.45) is 5.92 Å². The van der Waals surface area contributed by atoms with Crippen LogP contribution in [0, 0.1) is 5.92 Å². The molecule has 3 rings (SSSR count). The first-order valence-electron chi connectivity index (χ1n) is 7.70. The van der Waals surface area contributed by atoms with Gasteiger partial charge in [0.25, 0.3) is 0 Å². The molecule has 6 nitrogen and oxygen atoms in total. The Morgan fingerprint density at radius 1 is 1.50 bits per heavy atom. The van der Waals surface area contributed by atoms with Gasteiger partial charge in [-0.3, -0.25) is 4.79 Å². The molecule has 0 radical (unpaired) electrons. The maximum Gasteiger partial charge on any atom is 0.227 e. The third-order valence-corrected chi connectivity index (χ3v) is 4.21.